The number of rotatable bonds is 8. The smallest absolute Gasteiger partial charge is 0.410 e. The molecule has 9 nitrogen and oxygen atoms in total. The minimum atomic E-state index is -1.01. The number of nitrogens with zero attached hydrogens (tertiary/aromatic N) is 4. The van der Waals surface area contributed by atoms with Gasteiger partial charge < -0.3 is 19.7 Å². The van der Waals surface area contributed by atoms with E-state index in [0.29, 0.717) is 48.3 Å². The van der Waals surface area contributed by atoms with Gasteiger partial charge in [0.25, 0.3) is 0 Å². The fourth-order valence-corrected chi connectivity index (χ4v) is 5.72. The number of Topliss-reactive ketones (excluding diaryl/α,β-unsaturated/α-hetero) is 1. The molecule has 2 aliphatic rings. The normalized spacial score (nSPS) is 19.7. The summed E-state index contributed by atoms with van der Waals surface area (Å²) in [6.45, 7) is 8.69. The molecular formula is C35H38FN5O4. The Morgan fingerprint density at radius 3 is 2.64 bits per heavy atom. The average molecular weight is 612 g/mol. The molecule has 4 aromatic rings. The molecule has 1 aliphatic heterocycles. The van der Waals surface area contributed by atoms with E-state index in [2.05, 4.69) is 15.3 Å². The molecule has 10 heteroatoms. The van der Waals surface area contributed by atoms with Crippen LogP contribution in [-0.4, -0.2) is 62.6 Å². The molecule has 1 aliphatic carbocycles. The summed E-state index contributed by atoms with van der Waals surface area (Å²) >= 11 is 0. The highest BCUT2D eigenvalue weighted by Crippen LogP contribution is 2.39. The van der Waals surface area contributed by atoms with Gasteiger partial charge in [-0.1, -0.05) is 30.3 Å². The first-order valence-electron chi connectivity index (χ1n) is 15.4. The zero-order valence-corrected chi connectivity index (χ0v) is 26.0. The lowest BCUT2D eigenvalue weighted by atomic mass is 9.97. The van der Waals surface area contributed by atoms with E-state index in [1.54, 1.807) is 23.4 Å². The van der Waals surface area contributed by atoms with Gasteiger partial charge in [0.15, 0.2) is 0 Å². The number of hydrogen-bond donors (Lipinski definition) is 1. The Balaban J connectivity index is 1.23. The lowest BCUT2D eigenvalue weighted by molar-refractivity contribution is -0.119. The topological polar surface area (TPSA) is 107 Å². The minimum Gasteiger partial charge on any atom is -0.444 e. The van der Waals surface area contributed by atoms with Crippen molar-refractivity contribution in [3.63, 3.8) is 0 Å². The van der Waals surface area contributed by atoms with E-state index in [4.69, 9.17) is 14.5 Å². The Morgan fingerprint density at radius 1 is 1.04 bits per heavy atom. The molecule has 1 saturated carbocycles. The molecule has 3 heterocycles. The Labute approximate surface area is 262 Å². The molecule has 1 N–H and O–H groups in total. The Hall–Kier alpha value is -4.60. The Kier molecular flexibility index (Phi) is 8.40. The fraction of sp³-hybridized carbons (Fsp3) is 0.400. The van der Waals surface area contributed by atoms with Crippen LogP contribution in [0.25, 0.3) is 22.0 Å². The van der Waals surface area contributed by atoms with Crippen molar-refractivity contribution in [1.29, 1.82) is 0 Å². The van der Waals surface area contributed by atoms with Gasteiger partial charge in [-0.3, -0.25) is 4.79 Å². The van der Waals surface area contributed by atoms with Gasteiger partial charge in [0, 0.05) is 43.3 Å². The van der Waals surface area contributed by atoms with E-state index in [0.717, 1.165) is 34.7 Å². The van der Waals surface area contributed by atoms with Crippen molar-refractivity contribution in [2.75, 3.05) is 18.4 Å². The number of fused-ring (bicyclic) bond motifs is 1. The van der Waals surface area contributed by atoms with Crippen LogP contribution in [-0.2, 0) is 16.0 Å². The van der Waals surface area contributed by atoms with Crippen molar-refractivity contribution in [3.05, 3.63) is 72.1 Å². The zero-order valence-electron chi connectivity index (χ0n) is 26.0. The number of carbonyl (C=O) groups is 2. The van der Waals surface area contributed by atoms with Crippen molar-refractivity contribution in [3.8, 4) is 22.9 Å². The number of ketones is 1. The van der Waals surface area contributed by atoms with Gasteiger partial charge >= 0.3 is 6.09 Å². The van der Waals surface area contributed by atoms with Crippen LogP contribution in [0.5, 0.6) is 11.6 Å². The number of benzene rings is 2. The first kappa shape index (κ1) is 30.4. The summed E-state index contributed by atoms with van der Waals surface area (Å²) in [5.74, 6) is 0.913. The molecule has 0 radical (unpaired) electrons. The third kappa shape index (κ3) is 7.05. The molecule has 234 valence electrons. The van der Waals surface area contributed by atoms with Gasteiger partial charge in [-0.2, -0.15) is 0 Å². The number of carbonyl (C=O) groups excluding carboxylic acids is 2. The molecule has 45 heavy (non-hydrogen) atoms. The van der Waals surface area contributed by atoms with Gasteiger partial charge in [0.2, 0.25) is 11.8 Å². The van der Waals surface area contributed by atoms with Gasteiger partial charge in [-0.25, -0.2) is 24.1 Å². The van der Waals surface area contributed by atoms with E-state index in [9.17, 15) is 14.0 Å². The Morgan fingerprint density at radius 2 is 1.87 bits per heavy atom. The lowest BCUT2D eigenvalue weighted by Crippen LogP contribution is -2.47. The summed E-state index contributed by atoms with van der Waals surface area (Å²) < 4.78 is 25.6. The van der Waals surface area contributed by atoms with E-state index in [1.807, 2.05) is 70.2 Å². The van der Waals surface area contributed by atoms with Gasteiger partial charge in [-0.15, -0.1) is 0 Å². The molecule has 2 aromatic carbocycles. The third-order valence-electron chi connectivity index (χ3n) is 8.10. The van der Waals surface area contributed by atoms with Crippen LogP contribution in [0.2, 0.25) is 0 Å². The summed E-state index contributed by atoms with van der Waals surface area (Å²) in [5.41, 5.74) is 2.52. The van der Waals surface area contributed by atoms with E-state index in [-0.39, 0.29) is 24.3 Å². The quantitative estimate of drug-likeness (QED) is 0.225. The van der Waals surface area contributed by atoms with E-state index >= 15 is 0 Å². The average Bonchev–Trinajstić information content (AvgIpc) is 3.75. The number of nitrogens with one attached hydrogen (secondary N) is 1. The molecule has 0 bridgehead atoms. The highest BCUT2D eigenvalue weighted by molar-refractivity contribution is 5.96. The molecule has 0 spiro atoms. The lowest BCUT2D eigenvalue weighted by Gasteiger charge is -2.34. The second-order valence-corrected chi connectivity index (χ2v) is 12.9. The summed E-state index contributed by atoms with van der Waals surface area (Å²) in [6.07, 6.45) is 4.25. The molecule has 1 amide bonds. The van der Waals surface area contributed by atoms with Gasteiger partial charge in [-0.05, 0) is 81.7 Å². The molecule has 0 unspecified atom stereocenters. The van der Waals surface area contributed by atoms with Crippen LogP contribution in [0.15, 0.2) is 60.9 Å². The first-order chi connectivity index (χ1) is 21.6. The highest BCUT2D eigenvalue weighted by Gasteiger charge is 2.43. The van der Waals surface area contributed by atoms with E-state index < -0.39 is 17.7 Å². The van der Waals surface area contributed by atoms with Gasteiger partial charge in [0.1, 0.15) is 23.3 Å². The third-order valence-corrected chi connectivity index (χ3v) is 8.10. The van der Waals surface area contributed by atoms with Gasteiger partial charge in [0.05, 0.1) is 17.2 Å². The molecule has 6 rings (SSSR count). The van der Waals surface area contributed by atoms with Crippen LogP contribution < -0.4 is 10.1 Å². The number of halogens is 1. The summed E-state index contributed by atoms with van der Waals surface area (Å²) in [4.78, 5) is 40.8. The number of pyridine rings is 1. The maximum Gasteiger partial charge on any atom is 0.410 e. The second kappa shape index (κ2) is 12.4. The number of amides is 1. The number of anilines is 1. The number of aryl methyl sites for hydroxylation is 1. The first-order valence-corrected chi connectivity index (χ1v) is 15.4. The maximum absolute atomic E-state index is 13.5. The number of alkyl halides is 1. The van der Waals surface area contributed by atoms with Crippen LogP contribution in [0, 0.1) is 12.8 Å². The fourth-order valence-electron chi connectivity index (χ4n) is 5.72. The van der Waals surface area contributed by atoms with Crippen molar-refractivity contribution in [2.45, 2.75) is 71.2 Å². The number of likely N-dealkylation sites (tertiary alicyclic amines) is 1. The van der Waals surface area contributed by atoms with Crippen molar-refractivity contribution in [1.82, 2.24) is 19.9 Å². The zero-order chi connectivity index (χ0) is 31.7. The monoisotopic (exact) mass is 611 g/mol. The number of hydrogen-bond acceptors (Lipinski definition) is 8. The summed E-state index contributed by atoms with van der Waals surface area (Å²) in [5, 5.41) is 5.13. The molecule has 2 fully saturated rings. The number of piperidine rings is 1. The number of aromatic nitrogens is 3. The van der Waals surface area contributed by atoms with Crippen LogP contribution in [0.1, 0.15) is 51.2 Å². The minimum absolute atomic E-state index is 0.0266. The predicted octanol–water partition coefficient (Wildman–Crippen LogP) is 7.07. The summed E-state index contributed by atoms with van der Waals surface area (Å²) in [7, 11) is 0. The highest BCUT2D eigenvalue weighted by atomic mass is 19.1. The maximum atomic E-state index is 13.5. The SMILES string of the molecule is Cc1ccc2c(CC(=O)[C@H]3C[C@@H]3F)cccc2c1Oc1ncccc1-c1ccnc(N[C@H]2CCCN(C(=O)OC(C)(C)C)C2)n1. The standard InChI is InChI=1S/C35H38FN5O4/c1-21-12-13-24-22(18-30(42)27-19-28(27)36)8-5-10-25(24)31(21)44-32-26(11-6-15-37-32)29-14-16-38-33(40-29)39-23-9-7-17-41(20-23)34(43)45-35(2,3)4/h5-6,8,10-16,23,27-28H,7,9,17-20H2,1-4H3,(H,38,39,40)/t23-,27-,28-/m0/s1. The van der Waals surface area contributed by atoms with Crippen LogP contribution >= 0.6 is 0 Å². The predicted molar refractivity (Wildman–Crippen MR) is 170 cm³/mol. The molecule has 1 saturated heterocycles. The number of ether oxygens (including phenoxy) is 2. The Bertz CT molecular complexity index is 1740. The van der Waals surface area contributed by atoms with Crippen molar-refractivity contribution < 1.29 is 23.5 Å². The van der Waals surface area contributed by atoms with Crippen LogP contribution in [0.3, 0.4) is 0 Å². The summed E-state index contributed by atoms with van der Waals surface area (Å²) in [6, 6.07) is 15.2. The molecule has 3 atom stereocenters. The van der Waals surface area contributed by atoms with Crippen molar-refractivity contribution >= 4 is 28.6 Å². The van der Waals surface area contributed by atoms with E-state index in [1.165, 1.54) is 0 Å². The molecule has 2 aromatic heterocycles. The van der Waals surface area contributed by atoms with Crippen LogP contribution in [0.4, 0.5) is 15.1 Å². The second-order valence-electron chi connectivity index (χ2n) is 12.9. The van der Waals surface area contributed by atoms with Crippen molar-refractivity contribution in [2.24, 2.45) is 5.92 Å². The largest absolute Gasteiger partial charge is 0.444 e. The molecular weight excluding hydrogens is 573 g/mol.